The molecule has 1 aliphatic rings. The SMILES string of the molecule is Cc1ccc2cccc(NC(=O)NC3CCC(O)CC3)c2n1. The Labute approximate surface area is 129 Å². The monoisotopic (exact) mass is 299 g/mol. The van der Waals surface area contributed by atoms with Gasteiger partial charge in [0.25, 0.3) is 0 Å². The van der Waals surface area contributed by atoms with Crippen LogP contribution in [-0.2, 0) is 0 Å². The summed E-state index contributed by atoms with van der Waals surface area (Å²) in [6.45, 7) is 1.93. The Morgan fingerprint density at radius 2 is 1.95 bits per heavy atom. The van der Waals surface area contributed by atoms with Crippen LogP contribution in [0, 0.1) is 6.92 Å². The van der Waals surface area contributed by atoms with Crippen LogP contribution in [0.5, 0.6) is 0 Å². The molecule has 3 rings (SSSR count). The van der Waals surface area contributed by atoms with Gasteiger partial charge < -0.3 is 15.7 Å². The van der Waals surface area contributed by atoms with Gasteiger partial charge in [0.15, 0.2) is 0 Å². The zero-order valence-electron chi connectivity index (χ0n) is 12.7. The second-order valence-electron chi connectivity index (χ2n) is 5.93. The number of aliphatic hydroxyl groups is 1. The van der Waals surface area contributed by atoms with Crippen molar-refractivity contribution >= 4 is 22.6 Å². The van der Waals surface area contributed by atoms with Crippen LogP contribution in [-0.4, -0.2) is 28.3 Å². The van der Waals surface area contributed by atoms with Crippen molar-refractivity contribution in [1.82, 2.24) is 10.3 Å². The zero-order valence-corrected chi connectivity index (χ0v) is 12.7. The average Bonchev–Trinajstić information content (AvgIpc) is 2.50. The van der Waals surface area contributed by atoms with E-state index < -0.39 is 0 Å². The van der Waals surface area contributed by atoms with E-state index in [1.165, 1.54) is 0 Å². The largest absolute Gasteiger partial charge is 0.393 e. The van der Waals surface area contributed by atoms with E-state index in [1.807, 2.05) is 37.3 Å². The van der Waals surface area contributed by atoms with Gasteiger partial charge in [-0.3, -0.25) is 4.98 Å². The molecule has 0 aliphatic heterocycles. The predicted molar refractivity (Wildman–Crippen MR) is 86.9 cm³/mol. The van der Waals surface area contributed by atoms with Gasteiger partial charge in [0.1, 0.15) is 0 Å². The van der Waals surface area contributed by atoms with Crippen LogP contribution in [0.15, 0.2) is 30.3 Å². The van der Waals surface area contributed by atoms with E-state index in [9.17, 15) is 9.90 Å². The molecule has 0 spiro atoms. The number of hydrogen-bond donors (Lipinski definition) is 3. The first-order valence-corrected chi connectivity index (χ1v) is 7.74. The van der Waals surface area contributed by atoms with E-state index in [0.29, 0.717) is 0 Å². The van der Waals surface area contributed by atoms with Gasteiger partial charge in [0.2, 0.25) is 0 Å². The van der Waals surface area contributed by atoms with Gasteiger partial charge in [-0.05, 0) is 44.7 Å². The Balaban J connectivity index is 1.70. The minimum Gasteiger partial charge on any atom is -0.393 e. The number of nitrogens with zero attached hydrogens (tertiary/aromatic N) is 1. The fourth-order valence-corrected chi connectivity index (χ4v) is 2.91. The second kappa shape index (κ2) is 6.32. The number of hydrogen-bond acceptors (Lipinski definition) is 3. The first-order valence-electron chi connectivity index (χ1n) is 7.74. The number of amides is 2. The molecule has 116 valence electrons. The number of nitrogens with one attached hydrogen (secondary N) is 2. The molecular formula is C17H21N3O2. The van der Waals surface area contributed by atoms with Gasteiger partial charge in [-0.25, -0.2) is 4.79 Å². The normalized spacial score (nSPS) is 21.5. The number of fused-ring (bicyclic) bond motifs is 1. The van der Waals surface area contributed by atoms with Crippen molar-refractivity contribution in [2.75, 3.05) is 5.32 Å². The molecule has 0 atom stereocenters. The van der Waals surface area contributed by atoms with Crippen LogP contribution >= 0.6 is 0 Å². The number of rotatable bonds is 2. The number of pyridine rings is 1. The van der Waals surface area contributed by atoms with Crippen LogP contribution in [0.4, 0.5) is 10.5 Å². The number of carbonyl (C=O) groups excluding carboxylic acids is 1. The van der Waals surface area contributed by atoms with E-state index in [1.54, 1.807) is 0 Å². The van der Waals surface area contributed by atoms with Crippen LogP contribution in [0.3, 0.4) is 0 Å². The molecule has 2 amide bonds. The number of aromatic nitrogens is 1. The van der Waals surface area contributed by atoms with Crippen LogP contribution < -0.4 is 10.6 Å². The van der Waals surface area contributed by atoms with Gasteiger partial charge in [0.05, 0.1) is 17.3 Å². The summed E-state index contributed by atoms with van der Waals surface area (Å²) in [7, 11) is 0. The molecule has 1 saturated carbocycles. The summed E-state index contributed by atoms with van der Waals surface area (Å²) in [5.41, 5.74) is 2.44. The summed E-state index contributed by atoms with van der Waals surface area (Å²) in [4.78, 5) is 16.7. The molecule has 0 bridgehead atoms. The molecule has 2 aromatic rings. The topological polar surface area (TPSA) is 74.2 Å². The molecule has 1 fully saturated rings. The van der Waals surface area contributed by atoms with Gasteiger partial charge >= 0.3 is 6.03 Å². The highest BCUT2D eigenvalue weighted by Gasteiger charge is 2.20. The van der Waals surface area contributed by atoms with Crippen molar-refractivity contribution in [3.8, 4) is 0 Å². The molecule has 5 nitrogen and oxygen atoms in total. The third-order valence-electron chi connectivity index (χ3n) is 4.14. The molecule has 5 heteroatoms. The zero-order chi connectivity index (χ0) is 15.5. The fourth-order valence-electron chi connectivity index (χ4n) is 2.91. The minimum absolute atomic E-state index is 0.132. The molecular weight excluding hydrogens is 278 g/mol. The standard InChI is InChI=1S/C17H21N3O2/c1-11-5-6-12-3-2-4-15(16(12)18-11)20-17(22)19-13-7-9-14(21)10-8-13/h2-6,13-14,21H,7-10H2,1H3,(H2,19,20,22). The lowest BCUT2D eigenvalue weighted by Gasteiger charge is -2.26. The van der Waals surface area contributed by atoms with Crippen molar-refractivity contribution in [1.29, 1.82) is 0 Å². The van der Waals surface area contributed by atoms with E-state index in [-0.39, 0.29) is 18.2 Å². The Morgan fingerprint density at radius 1 is 1.18 bits per heavy atom. The quantitative estimate of drug-likeness (QED) is 0.798. The molecule has 0 radical (unpaired) electrons. The predicted octanol–water partition coefficient (Wildman–Crippen LogP) is 2.97. The van der Waals surface area contributed by atoms with Gasteiger partial charge in [-0.15, -0.1) is 0 Å². The molecule has 3 N–H and O–H groups in total. The lowest BCUT2D eigenvalue weighted by atomic mass is 9.93. The van der Waals surface area contributed by atoms with E-state index in [4.69, 9.17) is 0 Å². The summed E-state index contributed by atoms with van der Waals surface area (Å²) in [5, 5.41) is 16.4. The number of aryl methyl sites for hydroxylation is 1. The molecule has 22 heavy (non-hydrogen) atoms. The number of urea groups is 1. The lowest BCUT2D eigenvalue weighted by Crippen LogP contribution is -2.40. The molecule has 1 aliphatic carbocycles. The fraction of sp³-hybridized carbons (Fsp3) is 0.412. The smallest absolute Gasteiger partial charge is 0.319 e. The molecule has 1 heterocycles. The number of para-hydroxylation sites is 1. The van der Waals surface area contributed by atoms with E-state index >= 15 is 0 Å². The van der Waals surface area contributed by atoms with Crippen LogP contribution in [0.1, 0.15) is 31.4 Å². The highest BCUT2D eigenvalue weighted by atomic mass is 16.3. The van der Waals surface area contributed by atoms with Crippen molar-refractivity contribution in [3.05, 3.63) is 36.0 Å². The van der Waals surface area contributed by atoms with E-state index in [0.717, 1.165) is 48.0 Å². The van der Waals surface area contributed by atoms with Crippen molar-refractivity contribution in [3.63, 3.8) is 0 Å². The Hall–Kier alpha value is -2.14. The maximum Gasteiger partial charge on any atom is 0.319 e. The van der Waals surface area contributed by atoms with Crippen molar-refractivity contribution in [2.45, 2.75) is 44.8 Å². The average molecular weight is 299 g/mol. The number of benzene rings is 1. The maximum absolute atomic E-state index is 12.2. The third-order valence-corrected chi connectivity index (χ3v) is 4.14. The van der Waals surface area contributed by atoms with Crippen LogP contribution in [0.25, 0.3) is 10.9 Å². The summed E-state index contributed by atoms with van der Waals surface area (Å²) < 4.78 is 0. The number of carbonyl (C=O) groups is 1. The summed E-state index contributed by atoms with van der Waals surface area (Å²) >= 11 is 0. The van der Waals surface area contributed by atoms with Crippen LogP contribution in [0.2, 0.25) is 0 Å². The highest BCUT2D eigenvalue weighted by Crippen LogP contribution is 2.22. The Bertz CT molecular complexity index is 679. The summed E-state index contributed by atoms with van der Waals surface area (Å²) in [5.74, 6) is 0. The lowest BCUT2D eigenvalue weighted by molar-refractivity contribution is 0.118. The number of aliphatic hydroxyl groups excluding tert-OH is 1. The van der Waals surface area contributed by atoms with Gasteiger partial charge in [-0.2, -0.15) is 0 Å². The summed E-state index contributed by atoms with van der Waals surface area (Å²) in [6.07, 6.45) is 2.93. The van der Waals surface area contributed by atoms with Crippen molar-refractivity contribution < 1.29 is 9.90 Å². The molecule has 1 aromatic carbocycles. The molecule has 0 saturated heterocycles. The van der Waals surface area contributed by atoms with E-state index in [2.05, 4.69) is 15.6 Å². The second-order valence-corrected chi connectivity index (χ2v) is 5.93. The highest BCUT2D eigenvalue weighted by molar-refractivity contribution is 5.99. The Morgan fingerprint density at radius 3 is 2.73 bits per heavy atom. The minimum atomic E-state index is -0.216. The Kier molecular flexibility index (Phi) is 4.24. The summed E-state index contributed by atoms with van der Waals surface area (Å²) in [6, 6.07) is 9.63. The number of anilines is 1. The molecule has 0 unspecified atom stereocenters. The van der Waals surface area contributed by atoms with Crippen molar-refractivity contribution in [2.24, 2.45) is 0 Å². The van der Waals surface area contributed by atoms with Gasteiger partial charge in [-0.1, -0.05) is 18.2 Å². The first-order chi connectivity index (χ1) is 10.6. The molecule has 1 aromatic heterocycles. The first kappa shape index (κ1) is 14.8. The third kappa shape index (κ3) is 3.36. The van der Waals surface area contributed by atoms with Gasteiger partial charge in [0, 0.05) is 17.1 Å². The maximum atomic E-state index is 12.2.